The van der Waals surface area contributed by atoms with E-state index in [0.29, 0.717) is 5.65 Å². The zero-order chi connectivity index (χ0) is 15.5. The summed E-state index contributed by atoms with van der Waals surface area (Å²) in [6.07, 6.45) is 6.38. The normalized spacial score (nSPS) is 20.6. The molecule has 116 valence electrons. The van der Waals surface area contributed by atoms with Crippen LogP contribution >= 0.6 is 0 Å². The van der Waals surface area contributed by atoms with E-state index in [1.807, 2.05) is 18.2 Å². The minimum atomic E-state index is -0.246. The average Bonchev–Trinajstić information content (AvgIpc) is 3.10. The van der Waals surface area contributed by atoms with Crippen molar-refractivity contribution in [1.29, 1.82) is 0 Å². The Bertz CT molecular complexity index is 761. The monoisotopic (exact) mass is 302 g/mol. The van der Waals surface area contributed by atoms with E-state index >= 15 is 0 Å². The maximum atomic E-state index is 12.1. The van der Waals surface area contributed by atoms with E-state index in [4.69, 9.17) is 5.11 Å². The van der Waals surface area contributed by atoms with Gasteiger partial charge in [-0.15, -0.1) is 5.10 Å². The highest BCUT2D eigenvalue weighted by Crippen LogP contribution is 2.16. The summed E-state index contributed by atoms with van der Waals surface area (Å²) in [5.74, 6) is -0.0106. The Kier molecular flexibility index (Phi) is 4.06. The van der Waals surface area contributed by atoms with E-state index in [-0.39, 0.29) is 43.1 Å². The number of pyridine rings is 1. The van der Waals surface area contributed by atoms with E-state index in [9.17, 15) is 9.59 Å². The van der Waals surface area contributed by atoms with Crippen LogP contribution in [-0.4, -0.2) is 37.8 Å². The number of aromatic nitrogens is 3. The van der Waals surface area contributed by atoms with Crippen LogP contribution in [0.3, 0.4) is 0 Å². The molecule has 1 amide bonds. The third-order valence-electron chi connectivity index (χ3n) is 3.79. The number of hydrogen-bond donors (Lipinski definition) is 2. The van der Waals surface area contributed by atoms with E-state index < -0.39 is 0 Å². The number of rotatable bonds is 5. The number of fused-ring (bicyclic) bond motifs is 1. The predicted octanol–water partition coefficient (Wildman–Crippen LogP) is -0.0607. The van der Waals surface area contributed by atoms with Gasteiger partial charge in [0.15, 0.2) is 5.65 Å². The lowest BCUT2D eigenvalue weighted by molar-refractivity contribution is -0.121. The molecule has 1 aliphatic carbocycles. The van der Waals surface area contributed by atoms with Gasteiger partial charge < -0.3 is 10.4 Å². The molecule has 0 aromatic carbocycles. The molecule has 0 bridgehead atoms. The summed E-state index contributed by atoms with van der Waals surface area (Å²) in [5.41, 5.74) is 0.321. The molecule has 22 heavy (non-hydrogen) atoms. The van der Waals surface area contributed by atoms with Crippen molar-refractivity contribution < 1.29 is 9.90 Å². The van der Waals surface area contributed by atoms with Crippen LogP contribution in [0.4, 0.5) is 0 Å². The van der Waals surface area contributed by atoms with Crippen molar-refractivity contribution in [3.8, 4) is 0 Å². The minimum Gasteiger partial charge on any atom is -0.396 e. The lowest BCUT2D eigenvalue weighted by Gasteiger charge is -2.12. The van der Waals surface area contributed by atoms with Crippen molar-refractivity contribution in [3.63, 3.8) is 0 Å². The molecule has 0 aliphatic heterocycles. The van der Waals surface area contributed by atoms with Gasteiger partial charge in [-0.1, -0.05) is 18.2 Å². The zero-order valence-electron chi connectivity index (χ0n) is 12.1. The molecule has 7 nitrogen and oxygen atoms in total. The molecule has 2 aromatic rings. The first-order valence-corrected chi connectivity index (χ1v) is 7.30. The number of aliphatic hydroxyl groups is 1. The highest BCUT2D eigenvalue weighted by molar-refractivity contribution is 5.76. The van der Waals surface area contributed by atoms with Crippen molar-refractivity contribution in [2.75, 3.05) is 6.61 Å². The van der Waals surface area contributed by atoms with Crippen LogP contribution in [0.5, 0.6) is 0 Å². The van der Waals surface area contributed by atoms with Crippen molar-refractivity contribution in [2.24, 2.45) is 5.92 Å². The fourth-order valence-electron chi connectivity index (χ4n) is 2.62. The largest absolute Gasteiger partial charge is 0.396 e. The lowest BCUT2D eigenvalue weighted by Crippen LogP contribution is -2.34. The summed E-state index contributed by atoms with van der Waals surface area (Å²) in [4.78, 5) is 24.0. The molecule has 0 fully saturated rings. The Hall–Kier alpha value is -2.41. The Labute approximate surface area is 126 Å². The van der Waals surface area contributed by atoms with Gasteiger partial charge in [-0.2, -0.15) is 0 Å². The molecule has 0 radical (unpaired) electrons. The molecule has 2 N–H and O–H groups in total. The molecule has 2 aromatic heterocycles. The van der Waals surface area contributed by atoms with Gasteiger partial charge in [-0.25, -0.2) is 9.48 Å². The molecule has 2 heterocycles. The molecule has 2 atom stereocenters. The second-order valence-corrected chi connectivity index (χ2v) is 5.42. The Morgan fingerprint density at radius 1 is 1.41 bits per heavy atom. The highest BCUT2D eigenvalue weighted by atomic mass is 16.3. The smallest absolute Gasteiger partial charge is 0.350 e. The topological polar surface area (TPSA) is 88.6 Å². The van der Waals surface area contributed by atoms with Crippen LogP contribution in [0.1, 0.15) is 12.8 Å². The van der Waals surface area contributed by atoms with Gasteiger partial charge in [-0.3, -0.25) is 9.20 Å². The van der Waals surface area contributed by atoms with Gasteiger partial charge in [0.25, 0.3) is 0 Å². The zero-order valence-corrected chi connectivity index (χ0v) is 12.1. The summed E-state index contributed by atoms with van der Waals surface area (Å²) < 4.78 is 2.75. The van der Waals surface area contributed by atoms with E-state index in [1.165, 1.54) is 9.08 Å². The Balaban J connectivity index is 1.58. The molecule has 3 rings (SSSR count). The van der Waals surface area contributed by atoms with Gasteiger partial charge in [0, 0.05) is 31.2 Å². The number of nitrogens with one attached hydrogen (secondary N) is 1. The first-order valence-electron chi connectivity index (χ1n) is 7.30. The molecule has 0 unspecified atom stereocenters. The van der Waals surface area contributed by atoms with Crippen molar-refractivity contribution in [2.45, 2.75) is 25.4 Å². The summed E-state index contributed by atoms with van der Waals surface area (Å²) in [7, 11) is 0. The van der Waals surface area contributed by atoms with Crippen LogP contribution in [0.2, 0.25) is 0 Å². The first-order chi connectivity index (χ1) is 10.7. The average molecular weight is 302 g/mol. The molecule has 0 saturated heterocycles. The molecule has 0 saturated carbocycles. The SMILES string of the molecule is O=C(CCn1nc2ccccn2c1=O)N[C@@H]1C=C[C@H](CO)C1. The van der Waals surface area contributed by atoms with Crippen LogP contribution in [-0.2, 0) is 11.3 Å². The number of carbonyl (C=O) groups is 1. The molecular formula is C15H18N4O3. The van der Waals surface area contributed by atoms with Gasteiger partial charge in [0.1, 0.15) is 0 Å². The number of hydrogen-bond acceptors (Lipinski definition) is 4. The quantitative estimate of drug-likeness (QED) is 0.757. The molecular weight excluding hydrogens is 284 g/mol. The fraction of sp³-hybridized carbons (Fsp3) is 0.400. The van der Waals surface area contributed by atoms with Crippen molar-refractivity contribution >= 4 is 11.6 Å². The minimum absolute atomic E-state index is 0.0394. The third-order valence-corrected chi connectivity index (χ3v) is 3.79. The lowest BCUT2D eigenvalue weighted by atomic mass is 10.1. The van der Waals surface area contributed by atoms with Crippen molar-refractivity contribution in [1.82, 2.24) is 19.5 Å². The van der Waals surface area contributed by atoms with Crippen LogP contribution in [0, 0.1) is 5.92 Å². The van der Waals surface area contributed by atoms with E-state index in [1.54, 1.807) is 18.3 Å². The highest BCUT2D eigenvalue weighted by Gasteiger charge is 2.19. The molecule has 7 heteroatoms. The summed E-state index contributed by atoms with van der Waals surface area (Å²) >= 11 is 0. The molecule has 1 aliphatic rings. The summed E-state index contributed by atoms with van der Waals surface area (Å²) in [6.45, 7) is 0.339. The van der Waals surface area contributed by atoms with Crippen LogP contribution in [0.15, 0.2) is 41.3 Å². The second-order valence-electron chi connectivity index (χ2n) is 5.42. The number of nitrogens with zero attached hydrogens (tertiary/aromatic N) is 3. The maximum absolute atomic E-state index is 12.1. The van der Waals surface area contributed by atoms with Gasteiger partial charge in [0.05, 0.1) is 6.54 Å². The first kappa shape index (κ1) is 14.5. The number of aliphatic hydroxyl groups excluding tert-OH is 1. The molecule has 0 spiro atoms. The maximum Gasteiger partial charge on any atom is 0.350 e. The van der Waals surface area contributed by atoms with Crippen LogP contribution < -0.4 is 11.0 Å². The van der Waals surface area contributed by atoms with Gasteiger partial charge in [-0.05, 0) is 18.6 Å². The van der Waals surface area contributed by atoms with E-state index in [0.717, 1.165) is 6.42 Å². The summed E-state index contributed by atoms with van der Waals surface area (Å²) in [5, 5.41) is 16.1. The number of amides is 1. The Morgan fingerprint density at radius 3 is 3.00 bits per heavy atom. The predicted molar refractivity (Wildman–Crippen MR) is 80.3 cm³/mol. The second kappa shape index (κ2) is 6.15. The van der Waals surface area contributed by atoms with Crippen LogP contribution in [0.25, 0.3) is 5.65 Å². The van der Waals surface area contributed by atoms with E-state index in [2.05, 4.69) is 10.4 Å². The Morgan fingerprint density at radius 2 is 2.27 bits per heavy atom. The fourth-order valence-corrected chi connectivity index (χ4v) is 2.62. The van der Waals surface area contributed by atoms with Crippen molar-refractivity contribution in [3.05, 3.63) is 47.0 Å². The number of carbonyl (C=O) groups excluding carboxylic acids is 1. The third kappa shape index (κ3) is 2.94. The van der Waals surface area contributed by atoms with Gasteiger partial charge in [0.2, 0.25) is 5.91 Å². The standard InChI is InChI=1S/C15H18N4O3/c20-10-11-4-5-12(9-11)16-14(21)6-8-19-15(22)18-7-2-1-3-13(18)17-19/h1-5,7,11-12,20H,6,8-10H2,(H,16,21)/t11-,12+/m0/s1. The van der Waals surface area contributed by atoms with Gasteiger partial charge >= 0.3 is 5.69 Å². The number of aryl methyl sites for hydroxylation is 1. The summed E-state index contributed by atoms with van der Waals surface area (Å²) in [6, 6.07) is 5.28.